The lowest BCUT2D eigenvalue weighted by molar-refractivity contribution is 0.0594. The fraction of sp³-hybridized carbons (Fsp3) is 0.294. The van der Waals surface area contributed by atoms with E-state index < -0.39 is 5.97 Å². The minimum absolute atomic E-state index is 0.231. The number of anilines is 1. The minimum atomic E-state index is -0.488. The third kappa shape index (κ3) is 2.91. The SMILES string of the molecule is COC(=O)c1cc(N2CCOCC2)nc(-c2cccc3[nH]ncc23)n1. The quantitative estimate of drug-likeness (QED) is 0.725. The van der Waals surface area contributed by atoms with E-state index in [0.29, 0.717) is 37.9 Å². The Bertz CT molecular complexity index is 918. The molecule has 2 aromatic heterocycles. The van der Waals surface area contributed by atoms with Gasteiger partial charge in [-0.15, -0.1) is 0 Å². The number of H-pyrrole nitrogens is 1. The summed E-state index contributed by atoms with van der Waals surface area (Å²) in [7, 11) is 1.34. The van der Waals surface area contributed by atoms with Crippen LogP contribution in [0.4, 0.5) is 5.82 Å². The molecule has 0 unspecified atom stereocenters. The summed E-state index contributed by atoms with van der Waals surface area (Å²) < 4.78 is 10.2. The first kappa shape index (κ1) is 15.5. The van der Waals surface area contributed by atoms with Crippen LogP contribution < -0.4 is 4.90 Å². The molecule has 0 atom stereocenters. The van der Waals surface area contributed by atoms with Crippen molar-refractivity contribution in [1.29, 1.82) is 0 Å². The van der Waals surface area contributed by atoms with Gasteiger partial charge in [0.15, 0.2) is 11.5 Å². The lowest BCUT2D eigenvalue weighted by atomic mass is 10.1. The van der Waals surface area contributed by atoms with E-state index in [4.69, 9.17) is 9.47 Å². The molecule has 0 amide bonds. The molecular formula is C17H17N5O3. The van der Waals surface area contributed by atoms with Crippen molar-refractivity contribution in [3.63, 3.8) is 0 Å². The lowest BCUT2D eigenvalue weighted by Crippen LogP contribution is -2.37. The molecule has 0 spiro atoms. The molecule has 128 valence electrons. The van der Waals surface area contributed by atoms with Gasteiger partial charge in [-0.1, -0.05) is 12.1 Å². The molecule has 1 aliphatic heterocycles. The van der Waals surface area contributed by atoms with Crippen molar-refractivity contribution in [2.45, 2.75) is 0 Å². The van der Waals surface area contributed by atoms with E-state index in [0.717, 1.165) is 16.5 Å². The van der Waals surface area contributed by atoms with Gasteiger partial charge in [-0.05, 0) is 6.07 Å². The number of methoxy groups -OCH3 is 1. The summed E-state index contributed by atoms with van der Waals surface area (Å²) in [5.41, 5.74) is 1.93. The average Bonchev–Trinajstić information content (AvgIpc) is 3.16. The molecule has 1 aliphatic rings. The number of benzene rings is 1. The number of fused-ring (bicyclic) bond motifs is 1. The number of hydrogen-bond donors (Lipinski definition) is 1. The van der Waals surface area contributed by atoms with Gasteiger partial charge in [0.2, 0.25) is 0 Å². The van der Waals surface area contributed by atoms with Crippen molar-refractivity contribution in [1.82, 2.24) is 20.2 Å². The number of aromatic amines is 1. The first-order chi connectivity index (χ1) is 12.3. The molecule has 3 aromatic rings. The van der Waals surface area contributed by atoms with E-state index in [2.05, 4.69) is 25.1 Å². The van der Waals surface area contributed by atoms with Crippen molar-refractivity contribution in [3.8, 4) is 11.4 Å². The third-order valence-corrected chi connectivity index (χ3v) is 4.17. The highest BCUT2D eigenvalue weighted by Gasteiger charge is 2.19. The van der Waals surface area contributed by atoms with Crippen LogP contribution in [0.5, 0.6) is 0 Å². The molecule has 25 heavy (non-hydrogen) atoms. The number of aromatic nitrogens is 4. The number of ether oxygens (including phenoxy) is 2. The molecule has 3 heterocycles. The molecule has 0 radical (unpaired) electrons. The van der Waals surface area contributed by atoms with Crippen LogP contribution in [0.25, 0.3) is 22.3 Å². The van der Waals surface area contributed by atoms with Crippen LogP contribution in [0.3, 0.4) is 0 Å². The highest BCUT2D eigenvalue weighted by molar-refractivity contribution is 5.94. The Morgan fingerprint density at radius 3 is 2.92 bits per heavy atom. The van der Waals surface area contributed by atoms with E-state index in [-0.39, 0.29) is 5.69 Å². The number of carbonyl (C=O) groups excluding carboxylic acids is 1. The van der Waals surface area contributed by atoms with E-state index in [1.54, 1.807) is 12.3 Å². The highest BCUT2D eigenvalue weighted by atomic mass is 16.5. The summed E-state index contributed by atoms with van der Waals surface area (Å²) in [5.74, 6) is 0.670. The Morgan fingerprint density at radius 1 is 1.28 bits per heavy atom. The Balaban J connectivity index is 1.86. The Labute approximate surface area is 143 Å². The van der Waals surface area contributed by atoms with Crippen LogP contribution in [0, 0.1) is 0 Å². The number of esters is 1. The summed E-state index contributed by atoms with van der Waals surface area (Å²) in [6, 6.07) is 7.41. The van der Waals surface area contributed by atoms with Crippen molar-refractivity contribution < 1.29 is 14.3 Å². The van der Waals surface area contributed by atoms with Crippen LogP contribution in [-0.2, 0) is 9.47 Å². The summed E-state index contributed by atoms with van der Waals surface area (Å²) >= 11 is 0. The summed E-state index contributed by atoms with van der Waals surface area (Å²) in [6.07, 6.45) is 1.73. The number of nitrogens with one attached hydrogen (secondary N) is 1. The van der Waals surface area contributed by atoms with Gasteiger partial charge in [-0.25, -0.2) is 14.8 Å². The standard InChI is InChI=1S/C17H17N5O3/c1-24-17(23)14-9-15(22-5-7-25-8-6-22)20-16(19-14)11-3-2-4-13-12(11)10-18-21-13/h2-4,9-10H,5-8H2,1H3,(H,18,21). The molecule has 0 bridgehead atoms. The van der Waals surface area contributed by atoms with Gasteiger partial charge in [-0.2, -0.15) is 5.10 Å². The van der Waals surface area contributed by atoms with Gasteiger partial charge in [0, 0.05) is 30.1 Å². The molecule has 4 rings (SSSR count). The van der Waals surface area contributed by atoms with Crippen LogP contribution in [0.2, 0.25) is 0 Å². The average molecular weight is 339 g/mol. The molecule has 8 heteroatoms. The second-order valence-electron chi connectivity index (χ2n) is 5.66. The van der Waals surface area contributed by atoms with E-state index in [1.807, 2.05) is 18.2 Å². The summed E-state index contributed by atoms with van der Waals surface area (Å²) in [6.45, 7) is 2.69. The molecular weight excluding hydrogens is 322 g/mol. The van der Waals surface area contributed by atoms with Gasteiger partial charge in [-0.3, -0.25) is 5.10 Å². The molecule has 0 saturated carbocycles. The lowest BCUT2D eigenvalue weighted by Gasteiger charge is -2.28. The van der Waals surface area contributed by atoms with Gasteiger partial charge in [0.05, 0.1) is 32.0 Å². The number of nitrogens with zero attached hydrogens (tertiary/aromatic N) is 4. The topological polar surface area (TPSA) is 93.2 Å². The zero-order chi connectivity index (χ0) is 17.2. The van der Waals surface area contributed by atoms with Crippen molar-refractivity contribution in [2.24, 2.45) is 0 Å². The predicted molar refractivity (Wildman–Crippen MR) is 91.5 cm³/mol. The zero-order valence-electron chi connectivity index (χ0n) is 13.7. The smallest absolute Gasteiger partial charge is 0.356 e. The molecule has 1 fully saturated rings. The first-order valence-corrected chi connectivity index (χ1v) is 7.99. The van der Waals surface area contributed by atoms with Crippen molar-refractivity contribution in [3.05, 3.63) is 36.2 Å². The monoisotopic (exact) mass is 339 g/mol. The Morgan fingerprint density at radius 2 is 2.12 bits per heavy atom. The third-order valence-electron chi connectivity index (χ3n) is 4.17. The highest BCUT2D eigenvalue weighted by Crippen LogP contribution is 2.27. The maximum absolute atomic E-state index is 12.1. The van der Waals surface area contributed by atoms with Gasteiger partial charge in [0.1, 0.15) is 5.82 Å². The molecule has 1 aromatic carbocycles. The fourth-order valence-electron chi connectivity index (χ4n) is 2.88. The Kier molecular flexibility index (Phi) is 4.02. The van der Waals surface area contributed by atoms with E-state index >= 15 is 0 Å². The molecule has 1 N–H and O–H groups in total. The first-order valence-electron chi connectivity index (χ1n) is 7.99. The Hall–Kier alpha value is -3.00. The normalized spacial score (nSPS) is 14.7. The molecule has 8 nitrogen and oxygen atoms in total. The molecule has 1 saturated heterocycles. The fourth-order valence-corrected chi connectivity index (χ4v) is 2.88. The predicted octanol–water partition coefficient (Wildman–Crippen LogP) is 1.64. The van der Waals surface area contributed by atoms with E-state index in [1.165, 1.54) is 7.11 Å². The van der Waals surface area contributed by atoms with Crippen molar-refractivity contribution in [2.75, 3.05) is 38.3 Å². The van der Waals surface area contributed by atoms with E-state index in [9.17, 15) is 4.79 Å². The van der Waals surface area contributed by atoms with Gasteiger partial charge in [0.25, 0.3) is 0 Å². The van der Waals surface area contributed by atoms with Crippen LogP contribution in [0.15, 0.2) is 30.5 Å². The second-order valence-corrected chi connectivity index (χ2v) is 5.66. The maximum Gasteiger partial charge on any atom is 0.356 e. The minimum Gasteiger partial charge on any atom is -0.464 e. The summed E-state index contributed by atoms with van der Waals surface area (Å²) in [5, 5.41) is 7.91. The van der Waals surface area contributed by atoms with Crippen molar-refractivity contribution >= 4 is 22.7 Å². The number of hydrogen-bond acceptors (Lipinski definition) is 7. The van der Waals surface area contributed by atoms with Crippen LogP contribution in [-0.4, -0.2) is 59.5 Å². The number of carbonyl (C=O) groups is 1. The second kappa shape index (κ2) is 6.48. The van der Waals surface area contributed by atoms with Gasteiger partial charge >= 0.3 is 5.97 Å². The molecule has 0 aliphatic carbocycles. The zero-order valence-corrected chi connectivity index (χ0v) is 13.7. The van der Waals surface area contributed by atoms with Crippen LogP contribution in [0.1, 0.15) is 10.5 Å². The summed E-state index contributed by atoms with van der Waals surface area (Å²) in [4.78, 5) is 23.2. The largest absolute Gasteiger partial charge is 0.464 e. The number of rotatable bonds is 3. The maximum atomic E-state index is 12.1. The van der Waals surface area contributed by atoms with Crippen LogP contribution >= 0.6 is 0 Å². The van der Waals surface area contributed by atoms with Gasteiger partial charge < -0.3 is 14.4 Å². The number of morpholine rings is 1.